The third kappa shape index (κ3) is 5.78. The maximum Gasteiger partial charge on any atom is 0.260 e. The van der Waals surface area contributed by atoms with Gasteiger partial charge in [0.1, 0.15) is 5.84 Å². The SMILES string of the molecule is N/C(=N/OCC(=O)NCCC1=CCCCC1)C1CCCC1. The lowest BCUT2D eigenvalue weighted by atomic mass is 9.97. The van der Waals surface area contributed by atoms with E-state index in [1.165, 1.54) is 44.1 Å². The largest absolute Gasteiger partial charge is 0.384 e. The number of amidine groups is 1. The summed E-state index contributed by atoms with van der Waals surface area (Å²) in [5, 5.41) is 6.72. The monoisotopic (exact) mass is 293 g/mol. The molecule has 21 heavy (non-hydrogen) atoms. The van der Waals surface area contributed by atoms with Gasteiger partial charge in [-0.15, -0.1) is 0 Å². The number of rotatable bonds is 7. The van der Waals surface area contributed by atoms with E-state index in [1.54, 1.807) is 0 Å². The highest BCUT2D eigenvalue weighted by atomic mass is 16.6. The summed E-state index contributed by atoms with van der Waals surface area (Å²) in [6, 6.07) is 0. The van der Waals surface area contributed by atoms with Crippen LogP contribution in [0.3, 0.4) is 0 Å². The highest BCUT2D eigenvalue weighted by molar-refractivity contribution is 5.82. The van der Waals surface area contributed by atoms with Gasteiger partial charge >= 0.3 is 0 Å². The van der Waals surface area contributed by atoms with E-state index in [9.17, 15) is 4.79 Å². The van der Waals surface area contributed by atoms with E-state index in [-0.39, 0.29) is 12.5 Å². The highest BCUT2D eigenvalue weighted by Gasteiger charge is 2.19. The van der Waals surface area contributed by atoms with Gasteiger partial charge in [-0.1, -0.05) is 29.6 Å². The maximum atomic E-state index is 11.6. The molecular weight excluding hydrogens is 266 g/mol. The van der Waals surface area contributed by atoms with E-state index in [0.717, 1.165) is 19.3 Å². The second-order valence-corrected chi connectivity index (χ2v) is 5.98. The van der Waals surface area contributed by atoms with Crippen molar-refractivity contribution in [1.29, 1.82) is 0 Å². The number of allylic oxidation sites excluding steroid dienone is 1. The Balaban J connectivity index is 1.56. The minimum absolute atomic E-state index is 0.0491. The molecule has 0 heterocycles. The van der Waals surface area contributed by atoms with Gasteiger partial charge in [-0.3, -0.25) is 4.79 Å². The van der Waals surface area contributed by atoms with Crippen LogP contribution in [0, 0.1) is 5.92 Å². The summed E-state index contributed by atoms with van der Waals surface area (Å²) in [7, 11) is 0. The molecule has 5 nitrogen and oxygen atoms in total. The number of hydrogen-bond acceptors (Lipinski definition) is 3. The van der Waals surface area contributed by atoms with Gasteiger partial charge in [0, 0.05) is 12.5 Å². The molecule has 1 fully saturated rings. The first-order valence-corrected chi connectivity index (χ1v) is 8.15. The lowest BCUT2D eigenvalue weighted by Gasteiger charge is -2.12. The van der Waals surface area contributed by atoms with Crippen molar-refractivity contribution in [2.75, 3.05) is 13.2 Å². The van der Waals surface area contributed by atoms with E-state index in [2.05, 4.69) is 16.5 Å². The quantitative estimate of drug-likeness (QED) is 0.328. The first kappa shape index (κ1) is 15.9. The average molecular weight is 293 g/mol. The molecule has 2 aliphatic rings. The Kier molecular flexibility index (Phi) is 6.57. The lowest BCUT2D eigenvalue weighted by molar-refractivity contribution is -0.125. The van der Waals surface area contributed by atoms with Crippen LogP contribution in [0.25, 0.3) is 0 Å². The summed E-state index contributed by atoms with van der Waals surface area (Å²) in [5.74, 6) is 0.744. The molecule has 0 aromatic rings. The van der Waals surface area contributed by atoms with Gasteiger partial charge in [-0.2, -0.15) is 0 Å². The van der Waals surface area contributed by atoms with E-state index >= 15 is 0 Å². The topological polar surface area (TPSA) is 76.7 Å². The van der Waals surface area contributed by atoms with Crippen LogP contribution in [-0.4, -0.2) is 24.9 Å². The molecule has 0 unspecified atom stereocenters. The fourth-order valence-electron chi connectivity index (χ4n) is 3.01. The van der Waals surface area contributed by atoms with E-state index in [0.29, 0.717) is 18.3 Å². The number of amides is 1. The van der Waals surface area contributed by atoms with Crippen molar-refractivity contribution in [2.45, 2.75) is 57.8 Å². The first-order valence-electron chi connectivity index (χ1n) is 8.15. The minimum Gasteiger partial charge on any atom is -0.384 e. The second kappa shape index (κ2) is 8.70. The van der Waals surface area contributed by atoms with Gasteiger partial charge in [0.25, 0.3) is 5.91 Å². The highest BCUT2D eigenvalue weighted by Crippen LogP contribution is 2.24. The number of nitrogens with two attached hydrogens (primary N) is 1. The van der Waals surface area contributed by atoms with Crippen LogP contribution in [-0.2, 0) is 9.63 Å². The van der Waals surface area contributed by atoms with E-state index in [1.807, 2.05) is 0 Å². The van der Waals surface area contributed by atoms with Gasteiger partial charge in [-0.25, -0.2) is 0 Å². The van der Waals surface area contributed by atoms with Crippen molar-refractivity contribution < 1.29 is 9.63 Å². The Morgan fingerprint density at radius 2 is 2.14 bits per heavy atom. The fourth-order valence-corrected chi connectivity index (χ4v) is 3.01. The zero-order chi connectivity index (χ0) is 14.9. The number of carbonyl (C=O) groups is 1. The Morgan fingerprint density at radius 1 is 1.33 bits per heavy atom. The Bertz CT molecular complexity index is 398. The summed E-state index contributed by atoms with van der Waals surface area (Å²) >= 11 is 0. The van der Waals surface area contributed by atoms with Gasteiger partial charge in [0.15, 0.2) is 6.61 Å². The van der Waals surface area contributed by atoms with Crippen molar-refractivity contribution >= 4 is 11.7 Å². The van der Waals surface area contributed by atoms with Crippen molar-refractivity contribution in [2.24, 2.45) is 16.8 Å². The lowest BCUT2D eigenvalue weighted by Crippen LogP contribution is -2.29. The number of oxime groups is 1. The molecule has 2 aliphatic carbocycles. The average Bonchev–Trinajstić information content (AvgIpc) is 3.02. The third-order valence-corrected chi connectivity index (χ3v) is 4.29. The third-order valence-electron chi connectivity index (χ3n) is 4.29. The van der Waals surface area contributed by atoms with E-state index in [4.69, 9.17) is 10.6 Å². The molecule has 118 valence electrons. The number of hydrogen-bond donors (Lipinski definition) is 2. The van der Waals surface area contributed by atoms with Crippen molar-refractivity contribution in [3.05, 3.63) is 11.6 Å². The number of nitrogens with zero attached hydrogens (tertiary/aromatic N) is 1. The molecule has 0 aromatic heterocycles. The van der Waals surface area contributed by atoms with E-state index < -0.39 is 0 Å². The van der Waals surface area contributed by atoms with Crippen LogP contribution >= 0.6 is 0 Å². The van der Waals surface area contributed by atoms with Crippen LogP contribution < -0.4 is 11.1 Å². The summed E-state index contributed by atoms with van der Waals surface area (Å²) in [6.07, 6.45) is 12.8. The Labute approximate surface area is 127 Å². The normalized spacial score (nSPS) is 20.2. The maximum absolute atomic E-state index is 11.6. The van der Waals surface area contributed by atoms with Crippen LogP contribution in [0.5, 0.6) is 0 Å². The Hall–Kier alpha value is -1.52. The molecule has 1 amide bonds. The molecule has 0 atom stereocenters. The van der Waals surface area contributed by atoms with Crippen molar-refractivity contribution in [1.82, 2.24) is 5.32 Å². The molecule has 0 bridgehead atoms. The number of carbonyl (C=O) groups excluding carboxylic acids is 1. The molecule has 5 heteroatoms. The zero-order valence-electron chi connectivity index (χ0n) is 12.8. The summed E-state index contributed by atoms with van der Waals surface area (Å²) in [6.45, 7) is 0.627. The van der Waals surface area contributed by atoms with Crippen LogP contribution in [0.2, 0.25) is 0 Å². The molecule has 0 aromatic carbocycles. The molecular formula is C16H27N3O2. The van der Waals surface area contributed by atoms with Gasteiger partial charge < -0.3 is 15.9 Å². The van der Waals surface area contributed by atoms with Crippen LogP contribution in [0.4, 0.5) is 0 Å². The first-order chi connectivity index (χ1) is 10.3. The fraction of sp³-hybridized carbons (Fsp3) is 0.750. The van der Waals surface area contributed by atoms with Gasteiger partial charge in [0.2, 0.25) is 0 Å². The van der Waals surface area contributed by atoms with Crippen LogP contribution in [0.15, 0.2) is 16.8 Å². The second-order valence-electron chi connectivity index (χ2n) is 5.98. The predicted octanol–water partition coefficient (Wildman–Crippen LogP) is 2.47. The standard InChI is InChI=1S/C16H27N3O2/c17-16(14-8-4-5-9-14)19-21-12-15(20)18-11-10-13-6-2-1-3-7-13/h6,14H,1-5,7-12H2,(H2,17,19)(H,18,20). The summed E-state index contributed by atoms with van der Waals surface area (Å²) in [4.78, 5) is 16.7. The van der Waals surface area contributed by atoms with Gasteiger partial charge in [0.05, 0.1) is 0 Å². The van der Waals surface area contributed by atoms with Crippen molar-refractivity contribution in [3.8, 4) is 0 Å². The Morgan fingerprint density at radius 3 is 2.86 bits per heavy atom. The number of nitrogens with one attached hydrogen (secondary N) is 1. The zero-order valence-corrected chi connectivity index (χ0v) is 12.8. The smallest absolute Gasteiger partial charge is 0.260 e. The minimum atomic E-state index is -0.130. The molecule has 0 spiro atoms. The van der Waals surface area contributed by atoms with Crippen LogP contribution in [0.1, 0.15) is 57.8 Å². The summed E-state index contributed by atoms with van der Waals surface area (Å²) < 4.78 is 0. The molecule has 2 rings (SSSR count). The van der Waals surface area contributed by atoms with Gasteiger partial charge in [-0.05, 0) is 44.9 Å². The van der Waals surface area contributed by atoms with Crippen molar-refractivity contribution in [3.63, 3.8) is 0 Å². The molecule has 3 N–H and O–H groups in total. The molecule has 0 aliphatic heterocycles. The summed E-state index contributed by atoms with van der Waals surface area (Å²) in [5.41, 5.74) is 7.31. The predicted molar refractivity (Wildman–Crippen MR) is 83.7 cm³/mol. The molecule has 1 saturated carbocycles. The molecule has 0 radical (unpaired) electrons. The molecule has 0 saturated heterocycles.